The van der Waals surface area contributed by atoms with E-state index in [1.165, 1.54) is 0 Å². The summed E-state index contributed by atoms with van der Waals surface area (Å²) >= 11 is 0. The molecule has 2 atom stereocenters. The molecule has 0 radical (unpaired) electrons. The highest BCUT2D eigenvalue weighted by Gasteiger charge is 2.26. The van der Waals surface area contributed by atoms with Gasteiger partial charge < -0.3 is 4.74 Å². The molecule has 0 aromatic rings. The number of hydrogen-bond donors (Lipinski definition) is 0. The summed E-state index contributed by atoms with van der Waals surface area (Å²) in [6.45, 7) is 5.88. The molecule has 15 heavy (non-hydrogen) atoms. The molecule has 0 N–H and O–H groups in total. The highest BCUT2D eigenvalue weighted by molar-refractivity contribution is 5.69. The van der Waals surface area contributed by atoms with Crippen molar-refractivity contribution in [2.24, 2.45) is 5.92 Å². The summed E-state index contributed by atoms with van der Waals surface area (Å²) in [4.78, 5) is 21.4. The molecule has 0 amide bonds. The first-order chi connectivity index (χ1) is 7.01. The van der Waals surface area contributed by atoms with Gasteiger partial charge in [-0.3, -0.25) is 14.9 Å². The molecular formula is C10H19NO4. The Morgan fingerprint density at radius 1 is 1.47 bits per heavy atom. The Labute approximate surface area is 90.0 Å². The van der Waals surface area contributed by atoms with Gasteiger partial charge in [0.2, 0.25) is 6.04 Å². The number of ether oxygens (including phenoxy) is 1. The topological polar surface area (TPSA) is 69.4 Å². The van der Waals surface area contributed by atoms with Crippen LogP contribution in [0.3, 0.4) is 0 Å². The van der Waals surface area contributed by atoms with E-state index in [0.29, 0.717) is 6.42 Å². The molecule has 0 aromatic carbocycles. The maximum absolute atomic E-state index is 11.1. The van der Waals surface area contributed by atoms with Crippen LogP contribution < -0.4 is 0 Å². The largest absolute Gasteiger partial charge is 0.466 e. The Morgan fingerprint density at radius 2 is 2.07 bits per heavy atom. The first-order valence-electron chi connectivity index (χ1n) is 5.30. The van der Waals surface area contributed by atoms with Crippen molar-refractivity contribution in [3.8, 4) is 0 Å². The molecule has 88 valence electrons. The average Bonchev–Trinajstić information content (AvgIpc) is 2.16. The van der Waals surface area contributed by atoms with E-state index in [9.17, 15) is 14.9 Å². The summed E-state index contributed by atoms with van der Waals surface area (Å²) in [7, 11) is 0. The summed E-state index contributed by atoms with van der Waals surface area (Å²) < 4.78 is 4.69. The van der Waals surface area contributed by atoms with E-state index in [0.717, 1.165) is 6.42 Å². The van der Waals surface area contributed by atoms with Gasteiger partial charge in [-0.05, 0) is 12.8 Å². The van der Waals surface area contributed by atoms with Crippen molar-refractivity contribution in [1.82, 2.24) is 0 Å². The number of carbonyl (C=O) groups excluding carboxylic acids is 1. The lowest BCUT2D eigenvalue weighted by Crippen LogP contribution is -2.26. The smallest absolute Gasteiger partial charge is 0.312 e. The van der Waals surface area contributed by atoms with Gasteiger partial charge in [-0.1, -0.05) is 20.3 Å². The van der Waals surface area contributed by atoms with E-state index in [1.807, 2.05) is 13.8 Å². The predicted octanol–water partition coefficient (Wildman–Crippen LogP) is 2.02. The van der Waals surface area contributed by atoms with E-state index in [1.54, 1.807) is 6.92 Å². The molecule has 0 fully saturated rings. The van der Waals surface area contributed by atoms with Crippen LogP contribution in [0.1, 0.15) is 40.0 Å². The highest BCUT2D eigenvalue weighted by Crippen LogP contribution is 2.14. The Hall–Kier alpha value is -1.13. The number of nitrogens with zero attached hydrogens (tertiary/aromatic N) is 1. The van der Waals surface area contributed by atoms with Crippen molar-refractivity contribution >= 4 is 5.97 Å². The minimum absolute atomic E-state index is 0.120. The Kier molecular flexibility index (Phi) is 6.66. The lowest BCUT2D eigenvalue weighted by atomic mass is 9.98. The SMILES string of the molecule is CCOC(=O)CC(CC(C)CC)[N+](=O)[O-]. The molecule has 0 aliphatic rings. The average molecular weight is 217 g/mol. The molecule has 0 saturated carbocycles. The molecule has 5 nitrogen and oxygen atoms in total. The minimum atomic E-state index is -0.806. The van der Waals surface area contributed by atoms with Crippen molar-refractivity contribution in [2.75, 3.05) is 6.61 Å². The number of rotatable bonds is 7. The van der Waals surface area contributed by atoms with Crippen molar-refractivity contribution in [3.05, 3.63) is 10.1 Å². The van der Waals surface area contributed by atoms with Crippen molar-refractivity contribution in [3.63, 3.8) is 0 Å². The summed E-state index contributed by atoms with van der Waals surface area (Å²) in [6, 6.07) is -0.806. The fourth-order valence-electron chi connectivity index (χ4n) is 1.29. The van der Waals surface area contributed by atoms with Gasteiger partial charge in [-0.25, -0.2) is 0 Å². The second-order valence-electron chi connectivity index (χ2n) is 3.70. The van der Waals surface area contributed by atoms with Crippen LogP contribution in [0.2, 0.25) is 0 Å². The van der Waals surface area contributed by atoms with Crippen molar-refractivity contribution < 1.29 is 14.5 Å². The highest BCUT2D eigenvalue weighted by atomic mass is 16.6. The van der Waals surface area contributed by atoms with Gasteiger partial charge in [-0.15, -0.1) is 0 Å². The second-order valence-corrected chi connectivity index (χ2v) is 3.70. The first kappa shape index (κ1) is 13.9. The number of esters is 1. The molecule has 0 saturated heterocycles. The van der Waals surface area contributed by atoms with E-state index < -0.39 is 12.0 Å². The summed E-state index contributed by atoms with van der Waals surface area (Å²) in [6.07, 6.45) is 1.20. The van der Waals surface area contributed by atoms with Crippen LogP contribution in [0.4, 0.5) is 0 Å². The number of hydrogen-bond acceptors (Lipinski definition) is 4. The Bertz CT molecular complexity index is 217. The van der Waals surface area contributed by atoms with Crippen LogP contribution in [0.25, 0.3) is 0 Å². The molecule has 5 heteroatoms. The quantitative estimate of drug-likeness (QED) is 0.371. The zero-order chi connectivity index (χ0) is 11.8. The van der Waals surface area contributed by atoms with Crippen LogP contribution in [0, 0.1) is 16.0 Å². The van der Waals surface area contributed by atoms with Crippen LogP contribution in [-0.4, -0.2) is 23.5 Å². The van der Waals surface area contributed by atoms with Crippen LogP contribution in [0.15, 0.2) is 0 Å². The van der Waals surface area contributed by atoms with Crippen LogP contribution >= 0.6 is 0 Å². The molecular weight excluding hydrogens is 198 g/mol. The van der Waals surface area contributed by atoms with E-state index >= 15 is 0 Å². The van der Waals surface area contributed by atoms with Crippen LogP contribution in [-0.2, 0) is 9.53 Å². The van der Waals surface area contributed by atoms with Crippen molar-refractivity contribution in [2.45, 2.75) is 46.1 Å². The van der Waals surface area contributed by atoms with Gasteiger partial charge in [0, 0.05) is 11.3 Å². The second kappa shape index (κ2) is 7.20. The molecule has 0 spiro atoms. The van der Waals surface area contributed by atoms with Crippen molar-refractivity contribution in [1.29, 1.82) is 0 Å². The Balaban J connectivity index is 4.16. The van der Waals surface area contributed by atoms with E-state index in [2.05, 4.69) is 0 Å². The van der Waals surface area contributed by atoms with E-state index in [4.69, 9.17) is 4.74 Å². The molecule has 0 aromatic heterocycles. The van der Waals surface area contributed by atoms with Gasteiger partial charge in [-0.2, -0.15) is 0 Å². The lowest BCUT2D eigenvalue weighted by Gasteiger charge is -2.12. The third kappa shape index (κ3) is 6.04. The standard InChI is InChI=1S/C10H19NO4/c1-4-8(3)6-9(11(13)14)7-10(12)15-5-2/h8-9H,4-7H2,1-3H3. The van der Waals surface area contributed by atoms with Gasteiger partial charge in [0.1, 0.15) is 6.42 Å². The third-order valence-corrected chi connectivity index (χ3v) is 2.38. The maximum atomic E-state index is 11.1. The molecule has 0 heterocycles. The molecule has 0 rings (SSSR count). The molecule has 0 bridgehead atoms. The summed E-state index contributed by atoms with van der Waals surface area (Å²) in [5.41, 5.74) is 0. The van der Waals surface area contributed by atoms with Gasteiger partial charge >= 0.3 is 5.97 Å². The fraction of sp³-hybridized carbons (Fsp3) is 0.900. The first-order valence-corrected chi connectivity index (χ1v) is 5.30. The Morgan fingerprint density at radius 3 is 2.47 bits per heavy atom. The molecule has 2 unspecified atom stereocenters. The fourth-order valence-corrected chi connectivity index (χ4v) is 1.29. The van der Waals surface area contributed by atoms with Gasteiger partial charge in [0.05, 0.1) is 6.61 Å². The third-order valence-electron chi connectivity index (χ3n) is 2.38. The van der Waals surface area contributed by atoms with Crippen LogP contribution in [0.5, 0.6) is 0 Å². The molecule has 0 aliphatic carbocycles. The van der Waals surface area contributed by atoms with E-state index in [-0.39, 0.29) is 23.9 Å². The zero-order valence-electron chi connectivity index (χ0n) is 9.56. The monoisotopic (exact) mass is 217 g/mol. The van der Waals surface area contributed by atoms with Gasteiger partial charge in [0.25, 0.3) is 0 Å². The lowest BCUT2D eigenvalue weighted by molar-refractivity contribution is -0.523. The predicted molar refractivity (Wildman–Crippen MR) is 56.1 cm³/mol. The maximum Gasteiger partial charge on any atom is 0.312 e. The zero-order valence-corrected chi connectivity index (χ0v) is 9.56. The molecule has 0 aliphatic heterocycles. The number of carbonyl (C=O) groups is 1. The normalized spacial score (nSPS) is 14.3. The minimum Gasteiger partial charge on any atom is -0.466 e. The summed E-state index contributed by atoms with van der Waals surface area (Å²) in [5.74, 6) is -0.225. The van der Waals surface area contributed by atoms with Gasteiger partial charge in [0.15, 0.2) is 0 Å². The summed E-state index contributed by atoms with van der Waals surface area (Å²) in [5, 5.41) is 10.7. The number of nitro groups is 1.